The Morgan fingerprint density at radius 1 is 1.29 bits per heavy atom. The monoisotopic (exact) mass is 433 g/mol. The van der Waals surface area contributed by atoms with Crippen molar-refractivity contribution < 1.29 is 17.9 Å². The summed E-state index contributed by atoms with van der Waals surface area (Å²) in [4.78, 5) is 4.22. The van der Waals surface area contributed by atoms with Crippen molar-refractivity contribution in [3.63, 3.8) is 0 Å². The van der Waals surface area contributed by atoms with E-state index in [4.69, 9.17) is 0 Å². The smallest absolute Gasteiger partial charge is 0.404 e. The molecule has 0 aliphatic carbocycles. The van der Waals surface area contributed by atoms with Gasteiger partial charge in [0.2, 0.25) is 0 Å². The van der Waals surface area contributed by atoms with Crippen LogP contribution in [-0.4, -0.2) is 47.1 Å². The fourth-order valence-electron chi connectivity index (χ4n) is 3.89. The first kappa shape index (κ1) is 22.8. The van der Waals surface area contributed by atoms with Crippen LogP contribution in [0.3, 0.4) is 0 Å². The van der Waals surface area contributed by atoms with Gasteiger partial charge in [-0.25, -0.2) is 0 Å². The molecule has 166 valence electrons. The molecular weight excluding hydrogens is 407 g/mol. The lowest BCUT2D eigenvalue weighted by Crippen LogP contribution is -2.51. The van der Waals surface area contributed by atoms with Crippen molar-refractivity contribution >= 4 is 5.69 Å². The molecule has 2 aromatic rings. The highest BCUT2D eigenvalue weighted by molar-refractivity contribution is 5.67. The van der Waals surface area contributed by atoms with E-state index in [2.05, 4.69) is 26.8 Å². The van der Waals surface area contributed by atoms with Crippen molar-refractivity contribution in [2.45, 2.75) is 46.1 Å². The van der Waals surface area contributed by atoms with Crippen LogP contribution in [-0.2, 0) is 13.0 Å². The number of alkyl halides is 3. The lowest BCUT2D eigenvalue weighted by Gasteiger charge is -2.41. The molecule has 9 heteroatoms. The zero-order valence-corrected chi connectivity index (χ0v) is 17.9. The van der Waals surface area contributed by atoms with E-state index in [1.54, 1.807) is 6.20 Å². The van der Waals surface area contributed by atoms with E-state index in [1.807, 2.05) is 43.0 Å². The number of nitriles is 1. The molecule has 3 rings (SSSR count). The topological polar surface area (TPSA) is 65.3 Å². The Morgan fingerprint density at radius 2 is 2.06 bits per heavy atom. The van der Waals surface area contributed by atoms with E-state index in [-0.39, 0.29) is 17.5 Å². The second-order valence-electron chi connectivity index (χ2n) is 8.23. The molecule has 0 spiro atoms. The van der Waals surface area contributed by atoms with E-state index in [0.717, 1.165) is 11.3 Å². The first-order chi connectivity index (χ1) is 14.7. The highest BCUT2D eigenvalue weighted by Gasteiger charge is 2.34. The number of anilines is 1. The minimum atomic E-state index is -4.86. The van der Waals surface area contributed by atoms with Crippen LogP contribution in [0.15, 0.2) is 30.5 Å². The average Bonchev–Trinajstić information content (AvgIpc) is 2.68. The van der Waals surface area contributed by atoms with Gasteiger partial charge in [0.25, 0.3) is 0 Å². The summed E-state index contributed by atoms with van der Waals surface area (Å²) in [6, 6.07) is 8.96. The molecule has 1 fully saturated rings. The van der Waals surface area contributed by atoms with Gasteiger partial charge in [-0.2, -0.15) is 15.5 Å². The van der Waals surface area contributed by atoms with Gasteiger partial charge in [0.15, 0.2) is 0 Å². The maximum atomic E-state index is 13.0. The predicted octanol–water partition coefficient (Wildman–Crippen LogP) is 4.16. The van der Waals surface area contributed by atoms with Crippen LogP contribution in [0.5, 0.6) is 5.75 Å². The van der Waals surface area contributed by atoms with Crippen molar-refractivity contribution in [1.29, 1.82) is 5.26 Å². The first-order valence-electron chi connectivity index (χ1n) is 10.2. The van der Waals surface area contributed by atoms with Crippen LogP contribution in [0.1, 0.15) is 37.6 Å². The molecule has 1 aromatic carbocycles. The summed E-state index contributed by atoms with van der Waals surface area (Å²) in [5.41, 5.74) is 1.99. The Morgan fingerprint density at radius 3 is 2.65 bits per heavy atom. The number of nitrogens with zero attached hydrogens (tertiary/aromatic N) is 5. The number of rotatable bonds is 6. The molecule has 0 amide bonds. The number of ether oxygens (including phenoxy) is 1. The van der Waals surface area contributed by atoms with Crippen molar-refractivity contribution in [3.05, 3.63) is 47.3 Å². The van der Waals surface area contributed by atoms with Crippen LogP contribution < -0.4 is 9.64 Å². The summed E-state index contributed by atoms with van der Waals surface area (Å²) in [5, 5.41) is 17.7. The number of hydrogen-bond donors (Lipinski definition) is 0. The van der Waals surface area contributed by atoms with Crippen LogP contribution in [0.2, 0.25) is 0 Å². The van der Waals surface area contributed by atoms with Crippen LogP contribution in [0.25, 0.3) is 0 Å². The van der Waals surface area contributed by atoms with Gasteiger partial charge >= 0.3 is 6.36 Å². The minimum Gasteiger partial charge on any atom is -0.404 e. The molecule has 0 N–H and O–H groups in total. The minimum absolute atomic E-state index is 0.0839. The normalized spacial score (nSPS) is 17.6. The second-order valence-corrected chi connectivity index (χ2v) is 8.23. The standard InChI is InChI=1S/C22H26F3N5O/c1-15(2)9-17-10-20(19(12-26)21(11-17)31-22(23,24)25)30-8-7-29(16(3)13-30)14-18-5-4-6-27-28-18/h4-6,10-11,15-16H,7-9,13-14H2,1-3H3/t16-/m0/s1. The van der Waals surface area contributed by atoms with Gasteiger partial charge in [-0.15, -0.1) is 13.2 Å². The molecular formula is C22H26F3N5O. The fraction of sp³-hybridized carbons (Fsp3) is 0.500. The third-order valence-electron chi connectivity index (χ3n) is 5.22. The third kappa shape index (κ3) is 6.07. The van der Waals surface area contributed by atoms with E-state index >= 15 is 0 Å². The van der Waals surface area contributed by atoms with E-state index < -0.39 is 12.1 Å². The summed E-state index contributed by atoms with van der Waals surface area (Å²) >= 11 is 0. The largest absolute Gasteiger partial charge is 0.573 e. The van der Waals surface area contributed by atoms with E-state index in [0.29, 0.717) is 38.3 Å². The molecule has 6 nitrogen and oxygen atoms in total. The van der Waals surface area contributed by atoms with Crippen LogP contribution in [0, 0.1) is 17.2 Å². The SMILES string of the molecule is CC(C)Cc1cc(OC(F)(F)F)c(C#N)c(N2CCN(Cc3cccnn3)[C@@H](C)C2)c1. The zero-order valence-electron chi connectivity index (χ0n) is 17.9. The molecule has 0 saturated carbocycles. The molecule has 1 aromatic heterocycles. The van der Waals surface area contributed by atoms with Crippen molar-refractivity contribution in [3.8, 4) is 11.8 Å². The first-order valence-corrected chi connectivity index (χ1v) is 10.2. The number of halogens is 3. The van der Waals surface area contributed by atoms with Gasteiger partial charge in [-0.3, -0.25) is 4.90 Å². The Hall–Kier alpha value is -2.86. The summed E-state index contributed by atoms with van der Waals surface area (Å²) in [7, 11) is 0. The van der Waals surface area contributed by atoms with E-state index in [9.17, 15) is 18.4 Å². The molecule has 1 atom stereocenters. The van der Waals surface area contributed by atoms with Gasteiger partial charge in [-0.1, -0.05) is 13.8 Å². The summed E-state index contributed by atoms with van der Waals surface area (Å²) in [5.74, 6) is -0.180. The zero-order chi connectivity index (χ0) is 22.6. The fourth-order valence-corrected chi connectivity index (χ4v) is 3.89. The van der Waals surface area contributed by atoms with Crippen molar-refractivity contribution in [1.82, 2.24) is 15.1 Å². The quantitative estimate of drug-likeness (QED) is 0.682. The third-order valence-corrected chi connectivity index (χ3v) is 5.22. The number of piperazine rings is 1. The average molecular weight is 433 g/mol. The highest BCUT2D eigenvalue weighted by atomic mass is 19.4. The van der Waals surface area contributed by atoms with Gasteiger partial charge in [-0.05, 0) is 49.1 Å². The molecule has 0 bridgehead atoms. The van der Waals surface area contributed by atoms with Gasteiger partial charge in [0.05, 0.1) is 11.4 Å². The molecule has 2 heterocycles. The lowest BCUT2D eigenvalue weighted by molar-refractivity contribution is -0.274. The maximum Gasteiger partial charge on any atom is 0.573 e. The maximum absolute atomic E-state index is 13.0. The van der Waals surface area contributed by atoms with Crippen LogP contribution >= 0.6 is 0 Å². The molecule has 1 saturated heterocycles. The number of hydrogen-bond acceptors (Lipinski definition) is 6. The van der Waals surface area contributed by atoms with Gasteiger partial charge < -0.3 is 9.64 Å². The number of benzene rings is 1. The summed E-state index contributed by atoms with van der Waals surface area (Å²) < 4.78 is 43.2. The highest BCUT2D eigenvalue weighted by Crippen LogP contribution is 2.36. The summed E-state index contributed by atoms with van der Waals surface area (Å²) in [6.45, 7) is 8.53. The molecule has 31 heavy (non-hydrogen) atoms. The van der Waals surface area contributed by atoms with E-state index in [1.165, 1.54) is 6.07 Å². The second kappa shape index (κ2) is 9.52. The summed E-state index contributed by atoms with van der Waals surface area (Å²) in [6.07, 6.45) is -2.64. The molecule has 1 aliphatic rings. The predicted molar refractivity (Wildman–Crippen MR) is 110 cm³/mol. The van der Waals surface area contributed by atoms with Crippen LogP contribution in [0.4, 0.5) is 18.9 Å². The number of aromatic nitrogens is 2. The Kier molecular flexibility index (Phi) is 7.01. The molecule has 1 aliphatic heterocycles. The Labute approximate surface area is 180 Å². The van der Waals surface area contributed by atoms with Gasteiger partial charge in [0, 0.05) is 38.4 Å². The Bertz CT molecular complexity index is 927. The van der Waals surface area contributed by atoms with Crippen molar-refractivity contribution in [2.24, 2.45) is 5.92 Å². The Balaban J connectivity index is 1.87. The molecule has 0 radical (unpaired) electrons. The molecule has 0 unspecified atom stereocenters. The lowest BCUT2D eigenvalue weighted by atomic mass is 9.98. The van der Waals surface area contributed by atoms with Crippen molar-refractivity contribution in [2.75, 3.05) is 24.5 Å². The van der Waals surface area contributed by atoms with Gasteiger partial charge in [0.1, 0.15) is 17.4 Å².